The number of carbonyl (C=O) groups is 1. The summed E-state index contributed by atoms with van der Waals surface area (Å²) in [6, 6.07) is 9.10. The Hall–Kier alpha value is -1.11. The Labute approximate surface area is 103 Å². The molecule has 0 unspecified atom stereocenters. The fourth-order valence-electron chi connectivity index (χ4n) is 0.532. The molecule has 0 fully saturated rings. The molecule has 1 rings (SSSR count). The van der Waals surface area contributed by atoms with Gasteiger partial charge in [0.05, 0.1) is 0 Å². The normalized spacial score (nSPS) is 5.75. The van der Waals surface area contributed by atoms with Crippen molar-refractivity contribution in [2.45, 2.75) is 55.4 Å². The van der Waals surface area contributed by atoms with E-state index in [4.69, 9.17) is 0 Å². The third-order valence-electron chi connectivity index (χ3n) is 0.936. The molecule has 1 aromatic rings. The van der Waals surface area contributed by atoms with Gasteiger partial charge in [0.25, 0.3) is 0 Å². The minimum absolute atomic E-state index is 0.729. The van der Waals surface area contributed by atoms with Gasteiger partial charge in [-0.3, -0.25) is 4.79 Å². The highest BCUT2D eigenvalue weighted by Gasteiger charge is 1.79. The number of hydrogen-bond donors (Lipinski definition) is 0. The van der Waals surface area contributed by atoms with Gasteiger partial charge in [0.1, 0.15) is 6.29 Å². The van der Waals surface area contributed by atoms with Crippen molar-refractivity contribution < 1.29 is 4.79 Å². The van der Waals surface area contributed by atoms with Gasteiger partial charge in [-0.05, 0) is 0 Å². The second-order valence-electron chi connectivity index (χ2n) is 1.53. The molecular formula is C15H30O. The molecule has 0 amide bonds. The van der Waals surface area contributed by atoms with E-state index in [9.17, 15) is 4.79 Å². The summed E-state index contributed by atoms with van der Waals surface area (Å²) in [5.41, 5.74) is 0.729. The zero-order valence-corrected chi connectivity index (χ0v) is 12.4. The first-order chi connectivity index (χ1) is 7.93. The lowest BCUT2D eigenvalue weighted by atomic mass is 10.2. The molecule has 0 atom stereocenters. The summed E-state index contributed by atoms with van der Waals surface area (Å²) in [5.74, 6) is 0. The lowest BCUT2D eigenvalue weighted by Crippen LogP contribution is -1.73. The van der Waals surface area contributed by atoms with Crippen LogP contribution in [0.1, 0.15) is 65.7 Å². The molecule has 0 N–H and O–H groups in total. The van der Waals surface area contributed by atoms with Gasteiger partial charge in [-0.2, -0.15) is 0 Å². The van der Waals surface area contributed by atoms with Crippen LogP contribution in [0.4, 0.5) is 0 Å². The first kappa shape index (κ1) is 24.2. The molecule has 0 heterocycles. The fourth-order valence-corrected chi connectivity index (χ4v) is 0.532. The standard InChI is InChI=1S/C7H6O.4C2H6/c8-6-7-4-2-1-3-5-7;4*1-2/h1-6H;4*1-2H3. The van der Waals surface area contributed by atoms with Gasteiger partial charge in [0, 0.05) is 5.56 Å². The van der Waals surface area contributed by atoms with Crippen LogP contribution in [0, 0.1) is 0 Å². The molecule has 0 radical (unpaired) electrons. The average Bonchev–Trinajstić information content (AvgIpc) is 2.48. The van der Waals surface area contributed by atoms with Crippen molar-refractivity contribution in [3.8, 4) is 0 Å². The quantitative estimate of drug-likeness (QED) is 0.569. The second-order valence-corrected chi connectivity index (χ2v) is 1.53. The van der Waals surface area contributed by atoms with Crippen molar-refractivity contribution in [2.24, 2.45) is 0 Å². The Morgan fingerprint density at radius 2 is 1.00 bits per heavy atom. The highest BCUT2D eigenvalue weighted by Crippen LogP contribution is 1.91. The van der Waals surface area contributed by atoms with E-state index in [-0.39, 0.29) is 0 Å². The summed E-state index contributed by atoms with van der Waals surface area (Å²) in [6.07, 6.45) is 0.833. The lowest BCUT2D eigenvalue weighted by molar-refractivity contribution is 0.112. The molecule has 0 aliphatic rings. The second kappa shape index (κ2) is 37.1. The average molecular weight is 226 g/mol. The summed E-state index contributed by atoms with van der Waals surface area (Å²) in [7, 11) is 0. The topological polar surface area (TPSA) is 17.1 Å². The van der Waals surface area contributed by atoms with Gasteiger partial charge in [-0.1, -0.05) is 85.7 Å². The van der Waals surface area contributed by atoms with Crippen molar-refractivity contribution in [2.75, 3.05) is 0 Å². The fraction of sp³-hybridized carbons (Fsp3) is 0.533. The molecule has 16 heavy (non-hydrogen) atoms. The highest BCUT2D eigenvalue weighted by atomic mass is 16.1. The van der Waals surface area contributed by atoms with Crippen molar-refractivity contribution in [1.29, 1.82) is 0 Å². The summed E-state index contributed by atoms with van der Waals surface area (Å²) in [6.45, 7) is 16.0. The Kier molecular flexibility index (Phi) is 56.1. The van der Waals surface area contributed by atoms with Crippen LogP contribution in [0.15, 0.2) is 30.3 Å². The van der Waals surface area contributed by atoms with E-state index in [2.05, 4.69) is 0 Å². The van der Waals surface area contributed by atoms with Crippen molar-refractivity contribution in [1.82, 2.24) is 0 Å². The van der Waals surface area contributed by atoms with E-state index in [1.807, 2.05) is 73.6 Å². The summed E-state index contributed by atoms with van der Waals surface area (Å²) < 4.78 is 0. The van der Waals surface area contributed by atoms with Crippen LogP contribution >= 0.6 is 0 Å². The number of benzene rings is 1. The van der Waals surface area contributed by atoms with Crippen LogP contribution < -0.4 is 0 Å². The van der Waals surface area contributed by atoms with Crippen molar-refractivity contribution in [3.05, 3.63) is 35.9 Å². The molecule has 96 valence electrons. The van der Waals surface area contributed by atoms with Crippen LogP contribution in [-0.4, -0.2) is 6.29 Å². The van der Waals surface area contributed by atoms with Gasteiger partial charge < -0.3 is 0 Å². The maximum Gasteiger partial charge on any atom is 0.150 e. The summed E-state index contributed by atoms with van der Waals surface area (Å²) >= 11 is 0. The largest absolute Gasteiger partial charge is 0.298 e. The Morgan fingerprint density at radius 3 is 1.19 bits per heavy atom. The van der Waals surface area contributed by atoms with Crippen LogP contribution in [0.2, 0.25) is 0 Å². The smallest absolute Gasteiger partial charge is 0.150 e. The van der Waals surface area contributed by atoms with E-state index >= 15 is 0 Å². The van der Waals surface area contributed by atoms with Crippen molar-refractivity contribution in [3.63, 3.8) is 0 Å². The van der Waals surface area contributed by atoms with E-state index in [1.165, 1.54) is 0 Å². The molecule has 0 aromatic heterocycles. The molecule has 0 aliphatic carbocycles. The summed E-state index contributed by atoms with van der Waals surface area (Å²) in [4.78, 5) is 10.0. The van der Waals surface area contributed by atoms with E-state index in [0.29, 0.717) is 0 Å². The molecule has 1 aromatic carbocycles. The van der Waals surface area contributed by atoms with Crippen LogP contribution in [0.3, 0.4) is 0 Å². The molecule has 1 heteroatoms. The lowest BCUT2D eigenvalue weighted by Gasteiger charge is -1.81. The van der Waals surface area contributed by atoms with Crippen LogP contribution in [-0.2, 0) is 0 Å². The van der Waals surface area contributed by atoms with Gasteiger partial charge in [0.2, 0.25) is 0 Å². The first-order valence-electron chi connectivity index (χ1n) is 6.44. The van der Waals surface area contributed by atoms with Crippen LogP contribution in [0.25, 0.3) is 0 Å². The minimum Gasteiger partial charge on any atom is -0.298 e. The van der Waals surface area contributed by atoms with E-state index in [0.717, 1.165) is 11.8 Å². The minimum atomic E-state index is 0.729. The van der Waals surface area contributed by atoms with E-state index < -0.39 is 0 Å². The zero-order chi connectivity index (χ0) is 13.8. The van der Waals surface area contributed by atoms with Gasteiger partial charge in [-0.25, -0.2) is 0 Å². The number of carbonyl (C=O) groups excluding carboxylic acids is 1. The van der Waals surface area contributed by atoms with Gasteiger partial charge in [-0.15, -0.1) is 0 Å². The molecule has 0 saturated carbocycles. The number of aldehydes is 1. The monoisotopic (exact) mass is 226 g/mol. The Bertz CT molecular complexity index is 168. The Morgan fingerprint density at radius 1 is 0.688 bits per heavy atom. The Balaban J connectivity index is -0.0000000771. The maximum absolute atomic E-state index is 10.0. The number of hydrogen-bond acceptors (Lipinski definition) is 1. The molecule has 0 bridgehead atoms. The van der Waals surface area contributed by atoms with Crippen molar-refractivity contribution >= 4 is 6.29 Å². The molecule has 0 spiro atoms. The maximum atomic E-state index is 10.0. The third kappa shape index (κ3) is 23.1. The van der Waals surface area contributed by atoms with Crippen LogP contribution in [0.5, 0.6) is 0 Å². The predicted molar refractivity (Wildman–Crippen MR) is 77.2 cm³/mol. The molecule has 0 aliphatic heterocycles. The number of rotatable bonds is 1. The zero-order valence-electron chi connectivity index (χ0n) is 12.4. The molecule has 1 nitrogen and oxygen atoms in total. The molecule has 0 saturated heterocycles. The van der Waals surface area contributed by atoms with Gasteiger partial charge >= 0.3 is 0 Å². The predicted octanol–water partition coefficient (Wildman–Crippen LogP) is 5.60. The third-order valence-corrected chi connectivity index (χ3v) is 0.936. The highest BCUT2D eigenvalue weighted by molar-refractivity contribution is 5.74. The molecular weight excluding hydrogens is 196 g/mol. The van der Waals surface area contributed by atoms with Gasteiger partial charge in [0.15, 0.2) is 0 Å². The first-order valence-corrected chi connectivity index (χ1v) is 6.44. The summed E-state index contributed by atoms with van der Waals surface area (Å²) in [5, 5.41) is 0. The van der Waals surface area contributed by atoms with E-state index in [1.54, 1.807) is 12.1 Å². The SMILES string of the molecule is CC.CC.CC.CC.O=Cc1ccccc1.